The predicted octanol–water partition coefficient (Wildman–Crippen LogP) is 3.69. The van der Waals surface area contributed by atoms with Crippen molar-refractivity contribution < 1.29 is 14.7 Å². The lowest BCUT2D eigenvalue weighted by Gasteiger charge is -2.13. The number of anilines is 1. The van der Waals surface area contributed by atoms with Crippen LogP contribution in [0.1, 0.15) is 39.5 Å². The van der Waals surface area contributed by atoms with E-state index in [0.29, 0.717) is 5.69 Å². The number of aromatic carboxylic acids is 1. The third-order valence-electron chi connectivity index (χ3n) is 4.39. The van der Waals surface area contributed by atoms with Crippen LogP contribution in [0.15, 0.2) is 24.3 Å². The first-order valence-corrected chi connectivity index (χ1v) is 8.67. The Kier molecular flexibility index (Phi) is 4.34. The van der Waals surface area contributed by atoms with Crippen LogP contribution < -0.4 is 5.32 Å². The molecule has 1 amide bonds. The van der Waals surface area contributed by atoms with E-state index < -0.39 is 5.97 Å². The van der Waals surface area contributed by atoms with Gasteiger partial charge < -0.3 is 10.4 Å². The monoisotopic (exact) mass is 357 g/mol. The number of nitrogens with one attached hydrogen (secondary N) is 1. The largest absolute Gasteiger partial charge is 0.477 e. The number of hydrogen-bond donors (Lipinski definition) is 2. The van der Waals surface area contributed by atoms with Gasteiger partial charge in [-0.3, -0.25) is 9.48 Å². The van der Waals surface area contributed by atoms with Gasteiger partial charge in [-0.25, -0.2) is 4.79 Å². The quantitative estimate of drug-likeness (QED) is 0.746. The Hall–Kier alpha value is -2.67. The van der Waals surface area contributed by atoms with Crippen LogP contribution >= 0.6 is 11.3 Å². The van der Waals surface area contributed by atoms with Gasteiger partial charge in [0.25, 0.3) is 0 Å². The van der Waals surface area contributed by atoms with Crippen LogP contribution in [0.3, 0.4) is 0 Å². The number of aryl methyl sites for hydroxylation is 2. The van der Waals surface area contributed by atoms with E-state index in [1.807, 2.05) is 33.9 Å². The molecule has 25 heavy (non-hydrogen) atoms. The summed E-state index contributed by atoms with van der Waals surface area (Å²) in [5.41, 5.74) is 3.41. The summed E-state index contributed by atoms with van der Waals surface area (Å²) >= 11 is 1.22. The number of rotatable bonds is 4. The zero-order valence-electron chi connectivity index (χ0n) is 14.5. The zero-order valence-corrected chi connectivity index (χ0v) is 15.3. The Morgan fingerprint density at radius 1 is 1.28 bits per heavy atom. The first kappa shape index (κ1) is 17.2. The maximum atomic E-state index is 12.6. The first-order valence-electron chi connectivity index (χ1n) is 7.85. The van der Waals surface area contributed by atoms with E-state index >= 15 is 0 Å². The van der Waals surface area contributed by atoms with Gasteiger partial charge in [0.1, 0.15) is 4.88 Å². The number of carboxylic acids is 1. The molecule has 2 N–H and O–H groups in total. The fourth-order valence-electron chi connectivity index (χ4n) is 3.02. The van der Waals surface area contributed by atoms with Crippen LogP contribution in [0.4, 0.5) is 5.69 Å². The van der Waals surface area contributed by atoms with Crippen LogP contribution in [-0.4, -0.2) is 26.8 Å². The molecule has 0 aliphatic carbocycles. The third kappa shape index (κ3) is 3.15. The lowest BCUT2D eigenvalue weighted by atomic mass is 9.98. The number of nitrogens with zero attached hydrogens (tertiary/aromatic N) is 2. The van der Waals surface area contributed by atoms with Crippen molar-refractivity contribution in [3.63, 3.8) is 0 Å². The van der Waals surface area contributed by atoms with Gasteiger partial charge in [-0.05, 0) is 50.4 Å². The molecule has 2 aromatic heterocycles. The molecule has 0 bridgehead atoms. The highest BCUT2D eigenvalue weighted by Crippen LogP contribution is 2.29. The molecule has 1 unspecified atom stereocenters. The molecule has 7 heteroatoms. The summed E-state index contributed by atoms with van der Waals surface area (Å²) in [5.74, 6) is -1.39. The predicted molar refractivity (Wildman–Crippen MR) is 98.5 cm³/mol. The highest BCUT2D eigenvalue weighted by molar-refractivity contribution is 7.20. The highest BCUT2D eigenvalue weighted by atomic mass is 32.1. The molecule has 3 aromatic rings. The number of carbonyl (C=O) groups excluding carboxylic acids is 1. The normalized spacial score (nSPS) is 12.3. The molecule has 130 valence electrons. The van der Waals surface area contributed by atoms with Gasteiger partial charge in [-0.1, -0.05) is 0 Å². The molecule has 0 aliphatic rings. The summed E-state index contributed by atoms with van der Waals surface area (Å²) in [5, 5.41) is 17.2. The fourth-order valence-corrected chi connectivity index (χ4v) is 3.91. The summed E-state index contributed by atoms with van der Waals surface area (Å²) in [6.07, 6.45) is 0. The first-order chi connectivity index (χ1) is 11.8. The van der Waals surface area contributed by atoms with E-state index in [2.05, 4.69) is 10.4 Å². The van der Waals surface area contributed by atoms with Crippen molar-refractivity contribution in [3.05, 3.63) is 46.1 Å². The molecule has 1 aromatic carbocycles. The van der Waals surface area contributed by atoms with Gasteiger partial charge in [-0.2, -0.15) is 5.10 Å². The molecule has 2 heterocycles. The smallest absolute Gasteiger partial charge is 0.345 e. The van der Waals surface area contributed by atoms with Crippen molar-refractivity contribution in [2.45, 2.75) is 26.7 Å². The van der Waals surface area contributed by atoms with Gasteiger partial charge in [0.15, 0.2) is 0 Å². The summed E-state index contributed by atoms with van der Waals surface area (Å²) in [6.45, 7) is 5.71. The van der Waals surface area contributed by atoms with Gasteiger partial charge in [-0.15, -0.1) is 11.3 Å². The van der Waals surface area contributed by atoms with Crippen molar-refractivity contribution in [1.82, 2.24) is 9.78 Å². The molecule has 0 spiro atoms. The number of fused-ring (bicyclic) bond motifs is 1. The van der Waals surface area contributed by atoms with E-state index in [0.717, 1.165) is 27.0 Å². The van der Waals surface area contributed by atoms with E-state index in [1.165, 1.54) is 11.3 Å². The van der Waals surface area contributed by atoms with Gasteiger partial charge in [0.2, 0.25) is 5.91 Å². The second-order valence-corrected chi connectivity index (χ2v) is 7.17. The van der Waals surface area contributed by atoms with Crippen LogP contribution in [0, 0.1) is 13.8 Å². The Balaban J connectivity index is 1.84. The maximum absolute atomic E-state index is 12.6. The number of amides is 1. The second kappa shape index (κ2) is 6.33. The van der Waals surface area contributed by atoms with Crippen molar-refractivity contribution in [3.8, 4) is 0 Å². The van der Waals surface area contributed by atoms with Crippen molar-refractivity contribution in [2.24, 2.45) is 7.05 Å². The van der Waals surface area contributed by atoms with Crippen LogP contribution in [0.2, 0.25) is 0 Å². The van der Waals surface area contributed by atoms with E-state index in [1.54, 1.807) is 22.9 Å². The Morgan fingerprint density at radius 3 is 2.60 bits per heavy atom. The SMILES string of the molecule is Cc1nn(C)c(C)c1C(C)C(=O)Nc1ccc2sc(C(=O)O)cc2c1. The molecular weight excluding hydrogens is 338 g/mol. The van der Waals surface area contributed by atoms with Crippen molar-refractivity contribution in [2.75, 3.05) is 5.32 Å². The van der Waals surface area contributed by atoms with Crippen LogP contribution in [-0.2, 0) is 11.8 Å². The fraction of sp³-hybridized carbons (Fsp3) is 0.278. The summed E-state index contributed by atoms with van der Waals surface area (Å²) < 4.78 is 2.65. The Bertz CT molecular complexity index is 987. The minimum atomic E-state index is -0.942. The molecule has 3 rings (SSSR count). The Labute approximate surface area is 149 Å². The minimum absolute atomic E-state index is 0.118. The molecular formula is C18H19N3O3S. The number of aromatic nitrogens is 2. The summed E-state index contributed by atoms with van der Waals surface area (Å²) in [7, 11) is 1.86. The molecule has 0 aliphatic heterocycles. The zero-order chi connectivity index (χ0) is 18.3. The molecule has 0 saturated heterocycles. The molecule has 0 fully saturated rings. The number of carbonyl (C=O) groups is 2. The maximum Gasteiger partial charge on any atom is 0.345 e. The van der Waals surface area contributed by atoms with Gasteiger partial charge >= 0.3 is 5.97 Å². The third-order valence-corrected chi connectivity index (χ3v) is 5.49. The highest BCUT2D eigenvalue weighted by Gasteiger charge is 2.22. The van der Waals surface area contributed by atoms with E-state index in [-0.39, 0.29) is 16.7 Å². The second-order valence-electron chi connectivity index (χ2n) is 6.09. The van der Waals surface area contributed by atoms with Gasteiger partial charge in [0.05, 0.1) is 11.6 Å². The number of thiophene rings is 1. The summed E-state index contributed by atoms with van der Waals surface area (Å²) in [6, 6.07) is 7.04. The molecule has 6 nitrogen and oxygen atoms in total. The van der Waals surface area contributed by atoms with Crippen molar-refractivity contribution in [1.29, 1.82) is 0 Å². The molecule has 1 atom stereocenters. The average Bonchev–Trinajstić information content (AvgIpc) is 3.08. The number of hydrogen-bond acceptors (Lipinski definition) is 4. The number of carboxylic acid groups (broad SMARTS) is 1. The number of benzene rings is 1. The van der Waals surface area contributed by atoms with E-state index in [9.17, 15) is 9.59 Å². The lowest BCUT2D eigenvalue weighted by molar-refractivity contribution is -0.117. The van der Waals surface area contributed by atoms with Gasteiger partial charge in [0, 0.05) is 28.7 Å². The molecule has 0 radical (unpaired) electrons. The summed E-state index contributed by atoms with van der Waals surface area (Å²) in [4.78, 5) is 24.0. The van der Waals surface area contributed by atoms with E-state index in [4.69, 9.17) is 5.11 Å². The van der Waals surface area contributed by atoms with Crippen molar-refractivity contribution >= 4 is 39.0 Å². The standard InChI is InChI=1S/C18H19N3O3S/c1-9(16-10(2)20-21(4)11(16)3)17(22)19-13-5-6-14-12(7-13)8-15(25-14)18(23)24/h5-9H,1-4H3,(H,19,22)(H,23,24). The topological polar surface area (TPSA) is 84.2 Å². The lowest BCUT2D eigenvalue weighted by Crippen LogP contribution is -2.19. The average molecular weight is 357 g/mol. The Morgan fingerprint density at radius 2 is 2.00 bits per heavy atom. The van der Waals surface area contributed by atoms with Crippen LogP contribution in [0.5, 0.6) is 0 Å². The minimum Gasteiger partial charge on any atom is -0.477 e. The molecule has 0 saturated carbocycles. The van der Waals surface area contributed by atoms with Crippen LogP contribution in [0.25, 0.3) is 10.1 Å².